The molecule has 0 saturated heterocycles. The monoisotopic (exact) mass is 342 g/mol. The van der Waals surface area contributed by atoms with E-state index in [9.17, 15) is 4.79 Å². The number of carbonyl (C=O) groups is 1. The number of rotatable bonds is 4. The minimum Gasteiger partial charge on any atom is -0.481 e. The Morgan fingerprint density at radius 3 is 2.75 bits per heavy atom. The molecule has 0 aliphatic carbocycles. The number of hydrogen-bond donors (Lipinski definition) is 1. The van der Waals surface area contributed by atoms with Crippen molar-refractivity contribution >= 4 is 23.2 Å². The van der Waals surface area contributed by atoms with Crippen molar-refractivity contribution in [3.8, 4) is 11.6 Å². The van der Waals surface area contributed by atoms with Crippen LogP contribution in [0.3, 0.4) is 0 Å². The molecule has 0 fully saturated rings. The Bertz CT molecular complexity index is 875. The molecule has 7 heteroatoms. The Morgan fingerprint density at radius 1 is 1.25 bits per heavy atom. The Labute approximate surface area is 144 Å². The van der Waals surface area contributed by atoms with Crippen molar-refractivity contribution in [1.29, 1.82) is 0 Å². The number of anilines is 1. The zero-order chi connectivity index (χ0) is 17.1. The topological polar surface area (TPSA) is 69.0 Å². The van der Waals surface area contributed by atoms with Crippen LogP contribution >= 0.6 is 11.6 Å². The first-order valence-electron chi connectivity index (χ1n) is 7.20. The van der Waals surface area contributed by atoms with Crippen molar-refractivity contribution in [3.63, 3.8) is 0 Å². The van der Waals surface area contributed by atoms with Gasteiger partial charge < -0.3 is 10.1 Å². The van der Waals surface area contributed by atoms with Crippen LogP contribution in [0.1, 0.15) is 16.1 Å². The largest absolute Gasteiger partial charge is 0.481 e. The maximum absolute atomic E-state index is 12.5. The van der Waals surface area contributed by atoms with Crippen LogP contribution in [0.5, 0.6) is 5.88 Å². The number of carbonyl (C=O) groups excluding carboxylic acids is 1. The molecule has 24 heavy (non-hydrogen) atoms. The highest BCUT2D eigenvalue weighted by Crippen LogP contribution is 2.19. The second kappa shape index (κ2) is 6.72. The molecule has 3 rings (SSSR count). The maximum Gasteiger partial charge on any atom is 0.259 e. The van der Waals surface area contributed by atoms with E-state index in [1.165, 1.54) is 19.5 Å². The standard InChI is InChI=1S/C17H15ClN4O2/c1-11-15(10-20-22(11)14-5-3-4-12(18)8-14)17(23)21-13-6-7-16(24-2)19-9-13/h3-10H,1-2H3,(H,21,23). The Hall–Kier alpha value is -2.86. The first kappa shape index (κ1) is 16.0. The van der Waals surface area contributed by atoms with Gasteiger partial charge in [0, 0.05) is 11.1 Å². The Kier molecular flexibility index (Phi) is 4.48. The highest BCUT2D eigenvalue weighted by atomic mass is 35.5. The van der Waals surface area contributed by atoms with E-state index in [0.717, 1.165) is 11.4 Å². The fourth-order valence-corrected chi connectivity index (χ4v) is 2.46. The lowest BCUT2D eigenvalue weighted by molar-refractivity contribution is 0.102. The van der Waals surface area contributed by atoms with E-state index in [1.54, 1.807) is 28.9 Å². The number of hydrogen-bond acceptors (Lipinski definition) is 4. The summed E-state index contributed by atoms with van der Waals surface area (Å²) in [5.74, 6) is 0.228. The number of nitrogens with one attached hydrogen (secondary N) is 1. The molecule has 0 unspecified atom stereocenters. The van der Waals surface area contributed by atoms with Gasteiger partial charge >= 0.3 is 0 Å². The summed E-state index contributed by atoms with van der Waals surface area (Å²) in [7, 11) is 1.54. The van der Waals surface area contributed by atoms with E-state index in [1.807, 2.05) is 19.1 Å². The average molecular weight is 343 g/mol. The molecular formula is C17H15ClN4O2. The molecule has 122 valence electrons. The third-order valence-electron chi connectivity index (χ3n) is 3.51. The molecule has 3 aromatic rings. The molecule has 6 nitrogen and oxygen atoms in total. The number of benzene rings is 1. The normalized spacial score (nSPS) is 10.5. The molecule has 0 spiro atoms. The molecule has 1 N–H and O–H groups in total. The summed E-state index contributed by atoms with van der Waals surface area (Å²) in [5.41, 5.74) is 2.57. The zero-order valence-corrected chi connectivity index (χ0v) is 13.9. The van der Waals surface area contributed by atoms with Gasteiger partial charge in [-0.2, -0.15) is 5.10 Å². The molecule has 0 aliphatic rings. The highest BCUT2D eigenvalue weighted by molar-refractivity contribution is 6.30. The summed E-state index contributed by atoms with van der Waals surface area (Å²) < 4.78 is 6.67. The maximum atomic E-state index is 12.5. The molecule has 1 aromatic carbocycles. The number of aromatic nitrogens is 3. The lowest BCUT2D eigenvalue weighted by atomic mass is 10.2. The van der Waals surface area contributed by atoms with Gasteiger partial charge in [0.25, 0.3) is 5.91 Å². The van der Waals surface area contributed by atoms with E-state index in [-0.39, 0.29) is 5.91 Å². The Balaban J connectivity index is 1.83. The fourth-order valence-electron chi connectivity index (χ4n) is 2.27. The molecule has 0 aliphatic heterocycles. The van der Waals surface area contributed by atoms with Crippen LogP contribution in [0.2, 0.25) is 5.02 Å². The van der Waals surface area contributed by atoms with Crippen LogP contribution < -0.4 is 10.1 Å². The minimum absolute atomic E-state index is 0.257. The molecule has 1 amide bonds. The van der Waals surface area contributed by atoms with Gasteiger partial charge in [-0.05, 0) is 31.2 Å². The number of nitrogens with zero attached hydrogens (tertiary/aromatic N) is 3. The van der Waals surface area contributed by atoms with Crippen molar-refractivity contribution < 1.29 is 9.53 Å². The number of halogens is 1. The summed E-state index contributed by atoms with van der Waals surface area (Å²) in [4.78, 5) is 16.5. The lowest BCUT2D eigenvalue weighted by Crippen LogP contribution is -2.13. The van der Waals surface area contributed by atoms with Gasteiger partial charge in [-0.1, -0.05) is 17.7 Å². The van der Waals surface area contributed by atoms with E-state index in [0.29, 0.717) is 22.2 Å². The molecule has 0 bridgehead atoms. The lowest BCUT2D eigenvalue weighted by Gasteiger charge is -2.07. The average Bonchev–Trinajstić information content (AvgIpc) is 2.97. The third-order valence-corrected chi connectivity index (χ3v) is 3.75. The first-order valence-corrected chi connectivity index (χ1v) is 7.58. The molecule has 0 atom stereocenters. The molecular weight excluding hydrogens is 328 g/mol. The highest BCUT2D eigenvalue weighted by Gasteiger charge is 2.15. The quantitative estimate of drug-likeness (QED) is 0.788. The van der Waals surface area contributed by atoms with Gasteiger partial charge in [0.2, 0.25) is 5.88 Å². The summed E-state index contributed by atoms with van der Waals surface area (Å²) in [6.45, 7) is 1.83. The van der Waals surface area contributed by atoms with Gasteiger partial charge in [0.15, 0.2) is 0 Å². The van der Waals surface area contributed by atoms with E-state index in [2.05, 4.69) is 15.4 Å². The summed E-state index contributed by atoms with van der Waals surface area (Å²) in [6, 6.07) is 10.7. The van der Waals surface area contributed by atoms with Gasteiger partial charge in [0.1, 0.15) is 0 Å². The van der Waals surface area contributed by atoms with Gasteiger partial charge in [-0.15, -0.1) is 0 Å². The van der Waals surface area contributed by atoms with Crippen LogP contribution in [0, 0.1) is 6.92 Å². The SMILES string of the molecule is COc1ccc(NC(=O)c2cnn(-c3cccc(Cl)c3)c2C)cn1. The predicted octanol–water partition coefficient (Wildman–Crippen LogP) is 3.49. The van der Waals surface area contributed by atoms with E-state index in [4.69, 9.17) is 16.3 Å². The molecule has 2 heterocycles. The number of methoxy groups -OCH3 is 1. The second-order valence-electron chi connectivity index (χ2n) is 5.08. The van der Waals surface area contributed by atoms with Crippen LogP contribution in [-0.4, -0.2) is 27.8 Å². The smallest absolute Gasteiger partial charge is 0.259 e. The molecule has 0 radical (unpaired) electrons. The summed E-state index contributed by atoms with van der Waals surface area (Å²) in [5, 5.41) is 7.68. The van der Waals surface area contributed by atoms with E-state index < -0.39 is 0 Å². The van der Waals surface area contributed by atoms with Crippen LogP contribution in [-0.2, 0) is 0 Å². The van der Waals surface area contributed by atoms with Crippen molar-refractivity contribution in [1.82, 2.24) is 14.8 Å². The van der Waals surface area contributed by atoms with Crippen LogP contribution in [0.25, 0.3) is 5.69 Å². The van der Waals surface area contributed by atoms with Crippen molar-refractivity contribution in [2.75, 3.05) is 12.4 Å². The zero-order valence-electron chi connectivity index (χ0n) is 13.2. The number of ether oxygens (including phenoxy) is 1. The number of pyridine rings is 1. The summed E-state index contributed by atoms with van der Waals surface area (Å²) in [6.07, 6.45) is 3.07. The predicted molar refractivity (Wildman–Crippen MR) is 92.1 cm³/mol. The molecule has 2 aromatic heterocycles. The van der Waals surface area contributed by atoms with Crippen LogP contribution in [0.4, 0.5) is 5.69 Å². The van der Waals surface area contributed by atoms with Gasteiger partial charge in [-0.3, -0.25) is 4.79 Å². The van der Waals surface area contributed by atoms with Gasteiger partial charge in [0.05, 0.1) is 42.1 Å². The minimum atomic E-state index is -0.257. The third kappa shape index (κ3) is 3.23. The fraction of sp³-hybridized carbons (Fsp3) is 0.118. The van der Waals surface area contributed by atoms with E-state index >= 15 is 0 Å². The van der Waals surface area contributed by atoms with Crippen molar-refractivity contribution in [3.05, 3.63) is 65.1 Å². The van der Waals surface area contributed by atoms with Gasteiger partial charge in [-0.25, -0.2) is 9.67 Å². The summed E-state index contributed by atoms with van der Waals surface area (Å²) >= 11 is 6.01. The second-order valence-corrected chi connectivity index (χ2v) is 5.52. The number of amides is 1. The van der Waals surface area contributed by atoms with Crippen LogP contribution in [0.15, 0.2) is 48.8 Å². The first-order chi connectivity index (χ1) is 11.6. The Morgan fingerprint density at radius 2 is 2.08 bits per heavy atom. The van der Waals surface area contributed by atoms with Crippen molar-refractivity contribution in [2.45, 2.75) is 6.92 Å². The molecule has 0 saturated carbocycles. The van der Waals surface area contributed by atoms with Crippen molar-refractivity contribution in [2.24, 2.45) is 0 Å².